The highest BCUT2D eigenvalue weighted by Crippen LogP contribution is 2.33. The number of anilines is 1. The third kappa shape index (κ3) is 3.60. The zero-order valence-corrected chi connectivity index (χ0v) is 13.3. The Kier molecular flexibility index (Phi) is 4.86. The topological polar surface area (TPSA) is 96.7 Å². The maximum absolute atomic E-state index is 12.8. The van der Waals surface area contributed by atoms with Crippen molar-refractivity contribution in [3.05, 3.63) is 23.2 Å². The van der Waals surface area contributed by atoms with E-state index in [9.17, 15) is 13.6 Å². The van der Waals surface area contributed by atoms with Crippen LogP contribution in [0.3, 0.4) is 0 Å². The zero-order valence-electron chi connectivity index (χ0n) is 13.3. The molecule has 2 aromatic heterocycles. The fourth-order valence-corrected chi connectivity index (χ4v) is 2.89. The number of carbonyl (C=O) groups excluding carboxylic acids is 1. The quantitative estimate of drug-likeness (QED) is 0.842. The Morgan fingerprint density at radius 1 is 1.38 bits per heavy atom. The Labute approximate surface area is 137 Å². The Bertz CT molecular complexity index is 707. The molecule has 9 heteroatoms. The van der Waals surface area contributed by atoms with E-state index in [1.165, 1.54) is 12.8 Å². The fraction of sp³-hybridized carbons (Fsp3) is 0.600. The molecule has 0 radical (unpaired) electrons. The lowest BCUT2D eigenvalue weighted by Gasteiger charge is -2.05. The van der Waals surface area contributed by atoms with Gasteiger partial charge in [0.25, 0.3) is 6.43 Å². The summed E-state index contributed by atoms with van der Waals surface area (Å²) in [4.78, 5) is 12.0. The van der Waals surface area contributed by atoms with Crippen molar-refractivity contribution in [1.29, 1.82) is 0 Å². The van der Waals surface area contributed by atoms with Crippen LogP contribution in [0.1, 0.15) is 67.6 Å². The van der Waals surface area contributed by atoms with Crippen LogP contribution in [0, 0.1) is 6.92 Å². The highest BCUT2D eigenvalue weighted by molar-refractivity contribution is 5.92. The molecule has 24 heavy (non-hydrogen) atoms. The SMILES string of the molecule is Cc1[nH]nc(C(F)F)c1NC(=O)CCc1nnc(C2CCCC2)o1. The predicted octanol–water partition coefficient (Wildman–Crippen LogP) is 3.27. The van der Waals surface area contributed by atoms with E-state index in [0.717, 1.165) is 12.8 Å². The standard InChI is InChI=1S/C15H19F2N5O2/c1-8-12(13(14(16)17)21-19-8)18-10(23)6-7-11-20-22-15(24-11)9-4-2-3-5-9/h9,14H,2-7H2,1H3,(H,18,23)(H,19,21). The van der Waals surface area contributed by atoms with E-state index in [1.54, 1.807) is 6.92 Å². The Morgan fingerprint density at radius 3 is 2.83 bits per heavy atom. The summed E-state index contributed by atoms with van der Waals surface area (Å²) in [5.41, 5.74) is -0.0331. The number of amides is 1. The van der Waals surface area contributed by atoms with Crippen molar-refractivity contribution in [2.24, 2.45) is 0 Å². The molecule has 2 aromatic rings. The molecule has 0 atom stereocenters. The number of aromatic nitrogens is 4. The number of H-pyrrole nitrogens is 1. The third-order valence-electron chi connectivity index (χ3n) is 4.20. The minimum absolute atomic E-state index is 0.0344. The summed E-state index contributed by atoms with van der Waals surface area (Å²) in [5, 5.41) is 16.4. The van der Waals surface area contributed by atoms with Crippen LogP contribution in [0.15, 0.2) is 4.42 Å². The van der Waals surface area contributed by atoms with Gasteiger partial charge >= 0.3 is 0 Å². The molecule has 1 amide bonds. The van der Waals surface area contributed by atoms with Crippen molar-refractivity contribution < 1.29 is 18.0 Å². The fourth-order valence-electron chi connectivity index (χ4n) is 2.89. The van der Waals surface area contributed by atoms with E-state index in [-0.39, 0.29) is 18.5 Å². The molecule has 1 aliphatic rings. The first-order valence-corrected chi connectivity index (χ1v) is 7.99. The van der Waals surface area contributed by atoms with Gasteiger partial charge in [0.2, 0.25) is 17.7 Å². The molecule has 2 N–H and O–H groups in total. The van der Waals surface area contributed by atoms with Crippen LogP contribution in [-0.4, -0.2) is 26.3 Å². The van der Waals surface area contributed by atoms with Crippen LogP contribution in [0.2, 0.25) is 0 Å². The molecule has 1 aliphatic carbocycles. The van der Waals surface area contributed by atoms with Crippen molar-refractivity contribution >= 4 is 11.6 Å². The number of hydrogen-bond donors (Lipinski definition) is 2. The summed E-state index contributed by atoms with van der Waals surface area (Å²) in [5.74, 6) is 0.947. The first kappa shape index (κ1) is 16.5. The summed E-state index contributed by atoms with van der Waals surface area (Å²) in [6.45, 7) is 1.57. The molecule has 2 heterocycles. The minimum atomic E-state index is -2.75. The number of halogens is 2. The van der Waals surface area contributed by atoms with Crippen molar-refractivity contribution in [2.75, 3.05) is 5.32 Å². The molecule has 0 saturated heterocycles. The highest BCUT2D eigenvalue weighted by Gasteiger charge is 2.23. The van der Waals surface area contributed by atoms with Gasteiger partial charge in [0.05, 0.1) is 11.4 Å². The van der Waals surface area contributed by atoms with Gasteiger partial charge < -0.3 is 9.73 Å². The number of hydrogen-bond acceptors (Lipinski definition) is 5. The van der Waals surface area contributed by atoms with Gasteiger partial charge in [-0.2, -0.15) is 5.10 Å². The number of aryl methyl sites for hydroxylation is 2. The number of aromatic amines is 1. The zero-order chi connectivity index (χ0) is 17.1. The average molecular weight is 339 g/mol. The summed E-state index contributed by atoms with van der Waals surface area (Å²) in [7, 11) is 0. The molecule has 7 nitrogen and oxygen atoms in total. The van der Waals surface area contributed by atoms with E-state index in [2.05, 4.69) is 25.7 Å². The van der Waals surface area contributed by atoms with Crippen molar-refractivity contribution in [2.45, 2.75) is 57.8 Å². The van der Waals surface area contributed by atoms with Gasteiger partial charge in [-0.1, -0.05) is 12.8 Å². The molecule has 0 unspecified atom stereocenters. The Balaban J connectivity index is 1.55. The van der Waals surface area contributed by atoms with E-state index < -0.39 is 18.0 Å². The second-order valence-electron chi connectivity index (χ2n) is 5.97. The lowest BCUT2D eigenvalue weighted by molar-refractivity contribution is -0.116. The van der Waals surface area contributed by atoms with Gasteiger partial charge in [0.1, 0.15) is 0 Å². The molecular weight excluding hydrogens is 320 g/mol. The van der Waals surface area contributed by atoms with Gasteiger partial charge in [-0.15, -0.1) is 10.2 Å². The normalized spacial score (nSPS) is 15.3. The predicted molar refractivity (Wildman–Crippen MR) is 80.7 cm³/mol. The second-order valence-corrected chi connectivity index (χ2v) is 5.97. The summed E-state index contributed by atoms with van der Waals surface area (Å²) >= 11 is 0. The number of nitrogens with zero attached hydrogens (tertiary/aromatic N) is 3. The monoisotopic (exact) mass is 339 g/mol. The molecule has 130 valence electrons. The van der Waals surface area contributed by atoms with Gasteiger partial charge in [0, 0.05) is 18.8 Å². The van der Waals surface area contributed by atoms with Crippen LogP contribution < -0.4 is 5.32 Å². The smallest absolute Gasteiger partial charge is 0.284 e. The number of nitrogens with one attached hydrogen (secondary N) is 2. The van der Waals surface area contributed by atoms with Gasteiger partial charge in [-0.05, 0) is 19.8 Å². The Hall–Kier alpha value is -2.32. The molecule has 0 bridgehead atoms. The van der Waals surface area contributed by atoms with E-state index in [0.29, 0.717) is 23.4 Å². The maximum Gasteiger partial charge on any atom is 0.284 e. The largest absolute Gasteiger partial charge is 0.425 e. The summed E-state index contributed by atoms with van der Waals surface area (Å²) < 4.78 is 31.2. The number of rotatable bonds is 6. The Morgan fingerprint density at radius 2 is 2.12 bits per heavy atom. The summed E-state index contributed by atoms with van der Waals surface area (Å²) in [6.07, 6.45) is 2.03. The minimum Gasteiger partial charge on any atom is -0.425 e. The number of alkyl halides is 2. The van der Waals surface area contributed by atoms with Crippen LogP contribution in [0.4, 0.5) is 14.5 Å². The molecule has 1 saturated carbocycles. The first-order chi connectivity index (χ1) is 11.5. The molecule has 1 fully saturated rings. The second kappa shape index (κ2) is 7.06. The van der Waals surface area contributed by atoms with E-state index >= 15 is 0 Å². The molecular formula is C15H19F2N5O2. The van der Waals surface area contributed by atoms with E-state index in [4.69, 9.17) is 4.42 Å². The molecule has 0 aromatic carbocycles. The van der Waals surface area contributed by atoms with Crippen LogP contribution in [0.25, 0.3) is 0 Å². The lowest BCUT2D eigenvalue weighted by atomic mass is 10.1. The van der Waals surface area contributed by atoms with Crippen LogP contribution in [0.5, 0.6) is 0 Å². The first-order valence-electron chi connectivity index (χ1n) is 7.99. The van der Waals surface area contributed by atoms with Crippen LogP contribution in [-0.2, 0) is 11.2 Å². The summed E-state index contributed by atoms with van der Waals surface area (Å²) in [6, 6.07) is 0. The van der Waals surface area contributed by atoms with Gasteiger partial charge in [0.15, 0.2) is 5.69 Å². The van der Waals surface area contributed by atoms with Crippen molar-refractivity contribution in [3.8, 4) is 0 Å². The van der Waals surface area contributed by atoms with Crippen molar-refractivity contribution in [3.63, 3.8) is 0 Å². The molecule has 0 aliphatic heterocycles. The van der Waals surface area contributed by atoms with Gasteiger partial charge in [-0.3, -0.25) is 9.89 Å². The average Bonchev–Trinajstić information content (AvgIpc) is 3.26. The van der Waals surface area contributed by atoms with E-state index in [1.807, 2.05) is 0 Å². The highest BCUT2D eigenvalue weighted by atomic mass is 19.3. The van der Waals surface area contributed by atoms with Crippen LogP contribution >= 0.6 is 0 Å². The molecule has 3 rings (SSSR count). The maximum atomic E-state index is 12.8. The molecule has 0 spiro atoms. The lowest BCUT2D eigenvalue weighted by Crippen LogP contribution is -2.14. The third-order valence-corrected chi connectivity index (χ3v) is 4.20. The van der Waals surface area contributed by atoms with Gasteiger partial charge in [-0.25, -0.2) is 8.78 Å². The van der Waals surface area contributed by atoms with Crippen molar-refractivity contribution in [1.82, 2.24) is 20.4 Å². The number of carbonyl (C=O) groups is 1.